The van der Waals surface area contributed by atoms with Crippen LogP contribution in [0.4, 0.5) is 4.39 Å². The van der Waals surface area contributed by atoms with Gasteiger partial charge < -0.3 is 20.1 Å². The van der Waals surface area contributed by atoms with Gasteiger partial charge in [-0.1, -0.05) is 6.07 Å². The smallest absolute Gasteiger partial charge is 0.250 e. The highest BCUT2D eigenvalue weighted by molar-refractivity contribution is 5.85. The molecule has 0 saturated carbocycles. The number of morpholine rings is 1. The standard InChI is InChI=1S/C14H19FN2O3.ClH/c1-10(20-12-4-2-3-11(15)7-12)8-17-14(18)13-9-16-5-6-19-13;/h2-4,7,10,13,16H,5-6,8-9H2,1H3,(H,17,18);1H. The molecule has 2 N–H and O–H groups in total. The van der Waals surface area contributed by atoms with Gasteiger partial charge in [-0.05, 0) is 19.1 Å². The summed E-state index contributed by atoms with van der Waals surface area (Å²) in [5.74, 6) is -0.0605. The Balaban J connectivity index is 0.00000220. The van der Waals surface area contributed by atoms with Crippen LogP contribution in [-0.4, -0.2) is 44.4 Å². The highest BCUT2D eigenvalue weighted by Crippen LogP contribution is 2.13. The van der Waals surface area contributed by atoms with E-state index in [2.05, 4.69) is 10.6 Å². The molecular weight excluding hydrogens is 299 g/mol. The van der Waals surface area contributed by atoms with Gasteiger partial charge in [-0.2, -0.15) is 0 Å². The number of nitrogens with one attached hydrogen (secondary N) is 2. The van der Waals surface area contributed by atoms with Crippen molar-refractivity contribution in [2.24, 2.45) is 0 Å². The van der Waals surface area contributed by atoms with Crippen molar-refractivity contribution in [2.75, 3.05) is 26.2 Å². The summed E-state index contributed by atoms with van der Waals surface area (Å²) in [6.45, 7) is 3.97. The van der Waals surface area contributed by atoms with Gasteiger partial charge in [-0.25, -0.2) is 4.39 Å². The summed E-state index contributed by atoms with van der Waals surface area (Å²) in [4.78, 5) is 11.8. The van der Waals surface area contributed by atoms with Crippen molar-refractivity contribution in [3.8, 4) is 5.75 Å². The van der Waals surface area contributed by atoms with Crippen molar-refractivity contribution < 1.29 is 18.7 Å². The molecule has 1 aromatic rings. The minimum absolute atomic E-state index is 0. The number of benzene rings is 1. The lowest BCUT2D eigenvalue weighted by molar-refractivity contribution is -0.134. The van der Waals surface area contributed by atoms with Gasteiger partial charge in [0.25, 0.3) is 5.91 Å². The van der Waals surface area contributed by atoms with E-state index in [4.69, 9.17) is 9.47 Å². The van der Waals surface area contributed by atoms with Crippen LogP contribution >= 0.6 is 12.4 Å². The largest absolute Gasteiger partial charge is 0.489 e. The SMILES string of the molecule is CC(CNC(=O)C1CNCCO1)Oc1cccc(F)c1.Cl. The molecule has 1 amide bonds. The van der Waals surface area contributed by atoms with E-state index in [1.807, 2.05) is 6.92 Å². The van der Waals surface area contributed by atoms with E-state index in [1.165, 1.54) is 12.1 Å². The van der Waals surface area contributed by atoms with Crippen molar-refractivity contribution in [1.29, 1.82) is 0 Å². The number of halogens is 2. The lowest BCUT2D eigenvalue weighted by Crippen LogP contribution is -2.49. The van der Waals surface area contributed by atoms with Gasteiger partial charge in [0.15, 0.2) is 0 Å². The average molecular weight is 319 g/mol. The third-order valence-corrected chi connectivity index (χ3v) is 2.92. The van der Waals surface area contributed by atoms with E-state index in [9.17, 15) is 9.18 Å². The minimum atomic E-state index is -0.454. The number of hydrogen-bond donors (Lipinski definition) is 2. The normalized spacial score (nSPS) is 19.2. The Labute approximate surface area is 129 Å². The first kappa shape index (κ1) is 17.7. The summed E-state index contributed by atoms with van der Waals surface area (Å²) in [6, 6.07) is 5.92. The molecule has 0 spiro atoms. The molecule has 2 atom stereocenters. The van der Waals surface area contributed by atoms with Crippen LogP contribution in [0.3, 0.4) is 0 Å². The monoisotopic (exact) mass is 318 g/mol. The second kappa shape index (κ2) is 8.81. The molecule has 1 aromatic carbocycles. The first-order valence-electron chi connectivity index (χ1n) is 6.67. The molecule has 1 aliphatic rings. The van der Waals surface area contributed by atoms with Crippen molar-refractivity contribution in [3.05, 3.63) is 30.1 Å². The van der Waals surface area contributed by atoms with E-state index in [-0.39, 0.29) is 30.2 Å². The second-order valence-corrected chi connectivity index (χ2v) is 4.69. The molecular formula is C14H20ClFN2O3. The van der Waals surface area contributed by atoms with Gasteiger partial charge >= 0.3 is 0 Å². The van der Waals surface area contributed by atoms with Gasteiger partial charge in [0.2, 0.25) is 0 Å². The molecule has 21 heavy (non-hydrogen) atoms. The van der Waals surface area contributed by atoms with Gasteiger partial charge in [0, 0.05) is 19.2 Å². The fraction of sp³-hybridized carbons (Fsp3) is 0.500. The molecule has 0 radical (unpaired) electrons. The summed E-state index contributed by atoms with van der Waals surface area (Å²) in [6.07, 6.45) is -0.706. The Kier molecular flexibility index (Phi) is 7.42. The Morgan fingerprint density at radius 2 is 2.43 bits per heavy atom. The molecule has 2 unspecified atom stereocenters. The third-order valence-electron chi connectivity index (χ3n) is 2.92. The Hall–Kier alpha value is -1.37. The van der Waals surface area contributed by atoms with Gasteiger partial charge in [0.05, 0.1) is 13.2 Å². The molecule has 1 fully saturated rings. The number of amides is 1. The van der Waals surface area contributed by atoms with Crippen LogP contribution in [0, 0.1) is 5.82 Å². The average Bonchev–Trinajstić information content (AvgIpc) is 2.46. The van der Waals surface area contributed by atoms with Gasteiger partial charge in [-0.15, -0.1) is 12.4 Å². The number of ether oxygens (including phenoxy) is 2. The topological polar surface area (TPSA) is 59.6 Å². The lowest BCUT2D eigenvalue weighted by Gasteiger charge is -2.23. The number of carbonyl (C=O) groups excluding carboxylic acids is 1. The van der Waals surface area contributed by atoms with Crippen LogP contribution in [0.25, 0.3) is 0 Å². The predicted octanol–water partition coefficient (Wildman–Crippen LogP) is 1.12. The van der Waals surface area contributed by atoms with E-state index in [1.54, 1.807) is 12.1 Å². The van der Waals surface area contributed by atoms with Crippen molar-refractivity contribution in [3.63, 3.8) is 0 Å². The van der Waals surface area contributed by atoms with Crippen LogP contribution < -0.4 is 15.4 Å². The Bertz CT molecular complexity index is 456. The molecule has 5 nitrogen and oxygen atoms in total. The second-order valence-electron chi connectivity index (χ2n) is 4.69. The van der Waals surface area contributed by atoms with Gasteiger partial charge in [0.1, 0.15) is 23.8 Å². The zero-order valence-corrected chi connectivity index (χ0v) is 12.6. The summed E-state index contributed by atoms with van der Waals surface area (Å²) < 4.78 is 23.9. The Morgan fingerprint density at radius 1 is 1.62 bits per heavy atom. The van der Waals surface area contributed by atoms with E-state index >= 15 is 0 Å². The predicted molar refractivity (Wildman–Crippen MR) is 79.4 cm³/mol. The van der Waals surface area contributed by atoms with E-state index < -0.39 is 6.10 Å². The lowest BCUT2D eigenvalue weighted by atomic mass is 10.2. The fourth-order valence-corrected chi connectivity index (χ4v) is 1.91. The molecule has 1 saturated heterocycles. The number of hydrogen-bond acceptors (Lipinski definition) is 4. The fourth-order valence-electron chi connectivity index (χ4n) is 1.91. The van der Waals surface area contributed by atoms with E-state index in [0.717, 1.165) is 6.54 Å². The first-order valence-corrected chi connectivity index (χ1v) is 6.67. The molecule has 7 heteroatoms. The van der Waals surface area contributed by atoms with Crippen molar-refractivity contribution >= 4 is 18.3 Å². The summed E-state index contributed by atoms with van der Waals surface area (Å²) >= 11 is 0. The highest BCUT2D eigenvalue weighted by Gasteiger charge is 2.21. The van der Waals surface area contributed by atoms with Crippen LogP contribution in [0.2, 0.25) is 0 Å². The zero-order chi connectivity index (χ0) is 14.4. The van der Waals surface area contributed by atoms with Crippen LogP contribution in [0.1, 0.15) is 6.92 Å². The first-order chi connectivity index (χ1) is 9.65. The maximum Gasteiger partial charge on any atom is 0.250 e. The molecule has 1 aliphatic heterocycles. The molecule has 1 heterocycles. The number of carbonyl (C=O) groups is 1. The minimum Gasteiger partial charge on any atom is -0.489 e. The van der Waals surface area contributed by atoms with Crippen LogP contribution in [0.15, 0.2) is 24.3 Å². The summed E-state index contributed by atoms with van der Waals surface area (Å²) in [5.41, 5.74) is 0. The maximum atomic E-state index is 13.0. The van der Waals surface area contributed by atoms with Crippen molar-refractivity contribution in [1.82, 2.24) is 10.6 Å². The molecule has 2 rings (SSSR count). The zero-order valence-electron chi connectivity index (χ0n) is 11.8. The quantitative estimate of drug-likeness (QED) is 0.854. The number of rotatable bonds is 5. The van der Waals surface area contributed by atoms with E-state index in [0.29, 0.717) is 25.4 Å². The van der Waals surface area contributed by atoms with Crippen molar-refractivity contribution in [2.45, 2.75) is 19.1 Å². The van der Waals surface area contributed by atoms with Crippen LogP contribution in [0.5, 0.6) is 5.75 Å². The summed E-state index contributed by atoms with van der Waals surface area (Å²) in [5, 5.41) is 5.86. The summed E-state index contributed by atoms with van der Waals surface area (Å²) in [7, 11) is 0. The molecule has 118 valence electrons. The Morgan fingerprint density at radius 3 is 3.10 bits per heavy atom. The molecule has 0 aromatic heterocycles. The maximum absolute atomic E-state index is 13.0. The molecule has 0 aliphatic carbocycles. The van der Waals surface area contributed by atoms with Gasteiger partial charge in [-0.3, -0.25) is 4.79 Å². The third kappa shape index (κ3) is 5.87. The highest BCUT2D eigenvalue weighted by atomic mass is 35.5. The van der Waals surface area contributed by atoms with Crippen LogP contribution in [-0.2, 0) is 9.53 Å². The molecule has 0 bridgehead atoms.